The molecule has 1 heterocycles. The van der Waals surface area contributed by atoms with Crippen molar-refractivity contribution in [2.45, 2.75) is 43.8 Å². The van der Waals surface area contributed by atoms with Crippen molar-refractivity contribution in [3.05, 3.63) is 75.4 Å². The van der Waals surface area contributed by atoms with Crippen molar-refractivity contribution in [2.75, 3.05) is 18.8 Å². The summed E-state index contributed by atoms with van der Waals surface area (Å²) in [5.41, 5.74) is 4.19. The third kappa shape index (κ3) is 5.83. The summed E-state index contributed by atoms with van der Waals surface area (Å²) in [6, 6.07) is 17.9. The third-order valence-corrected chi connectivity index (χ3v) is 7.93. The summed E-state index contributed by atoms with van der Waals surface area (Å²) in [7, 11) is 2.06. The average Bonchev–Trinajstić information content (AvgIpc) is 3.19. The highest BCUT2D eigenvalue weighted by Gasteiger charge is 2.23. The van der Waals surface area contributed by atoms with Crippen LogP contribution in [0.1, 0.15) is 30.9 Å². The highest BCUT2D eigenvalue weighted by Crippen LogP contribution is 2.27. The van der Waals surface area contributed by atoms with E-state index in [0.717, 1.165) is 41.8 Å². The van der Waals surface area contributed by atoms with Crippen LogP contribution in [0.5, 0.6) is 0 Å². The number of aromatic nitrogens is 3. The molecule has 1 atom stereocenters. The van der Waals surface area contributed by atoms with Crippen LogP contribution in [0.4, 0.5) is 0 Å². The van der Waals surface area contributed by atoms with Crippen molar-refractivity contribution in [1.82, 2.24) is 19.7 Å². The molecule has 4 nitrogen and oxygen atoms in total. The summed E-state index contributed by atoms with van der Waals surface area (Å²) in [6.45, 7) is 4.27. The summed E-state index contributed by atoms with van der Waals surface area (Å²) in [4.78, 5) is 2.67. The number of rotatable bonds is 9. The minimum absolute atomic E-state index is 0.628. The summed E-state index contributed by atoms with van der Waals surface area (Å²) in [5.74, 6) is 1.98. The second-order valence-corrected chi connectivity index (χ2v) is 10.6. The largest absolute Gasteiger partial charge is 0.305 e. The van der Waals surface area contributed by atoms with Crippen LogP contribution in [0, 0.1) is 3.57 Å². The van der Waals surface area contributed by atoms with E-state index in [4.69, 9.17) is 0 Å². The molecular weight excluding hydrogens is 527 g/mol. The first-order chi connectivity index (χ1) is 15.7. The molecule has 2 aromatic carbocycles. The number of fused-ring (bicyclic) bond motifs is 1. The second kappa shape index (κ2) is 11.5. The molecule has 0 N–H and O–H groups in total. The molecule has 1 unspecified atom stereocenters. The molecule has 0 bridgehead atoms. The van der Waals surface area contributed by atoms with E-state index in [1.807, 2.05) is 30.0 Å². The molecule has 4 rings (SSSR count). The normalized spacial score (nSPS) is 16.1. The van der Waals surface area contributed by atoms with Gasteiger partial charge in [0.25, 0.3) is 0 Å². The van der Waals surface area contributed by atoms with Gasteiger partial charge in [0.05, 0.1) is 0 Å². The quantitative estimate of drug-likeness (QED) is 0.140. The monoisotopic (exact) mass is 558 g/mol. The van der Waals surface area contributed by atoms with Gasteiger partial charge in [-0.15, -0.1) is 10.2 Å². The molecule has 0 saturated carbocycles. The Morgan fingerprint density at radius 2 is 2.00 bits per heavy atom. The smallest absolute Gasteiger partial charge is 0.191 e. The number of nitrogens with zero attached hydrogens (tertiary/aromatic N) is 4. The van der Waals surface area contributed by atoms with Gasteiger partial charge >= 0.3 is 0 Å². The van der Waals surface area contributed by atoms with E-state index >= 15 is 0 Å². The van der Waals surface area contributed by atoms with Crippen LogP contribution < -0.4 is 0 Å². The van der Waals surface area contributed by atoms with Gasteiger partial charge in [-0.2, -0.15) is 0 Å². The van der Waals surface area contributed by atoms with Crippen LogP contribution in [-0.2, 0) is 19.9 Å². The average molecular weight is 559 g/mol. The van der Waals surface area contributed by atoms with Crippen molar-refractivity contribution in [1.29, 1.82) is 0 Å². The SMILES string of the molecule is C/C=C/CN(CCCSc1nnc(-c2ccccc2)n1C)C1CCc2cc(I)ccc2C1. The Morgan fingerprint density at radius 1 is 1.16 bits per heavy atom. The van der Waals surface area contributed by atoms with E-state index in [-0.39, 0.29) is 0 Å². The topological polar surface area (TPSA) is 34.0 Å². The van der Waals surface area contributed by atoms with Gasteiger partial charge in [0.2, 0.25) is 0 Å². The maximum Gasteiger partial charge on any atom is 0.191 e. The predicted molar refractivity (Wildman–Crippen MR) is 143 cm³/mol. The molecular formula is C26H31IN4S. The van der Waals surface area contributed by atoms with E-state index < -0.39 is 0 Å². The zero-order valence-electron chi connectivity index (χ0n) is 18.9. The molecule has 168 valence electrons. The Labute approximate surface area is 209 Å². The molecule has 32 heavy (non-hydrogen) atoms. The molecule has 0 aliphatic heterocycles. The van der Waals surface area contributed by atoms with Gasteiger partial charge in [0.1, 0.15) is 0 Å². The lowest BCUT2D eigenvalue weighted by molar-refractivity contribution is 0.199. The lowest BCUT2D eigenvalue weighted by atomic mass is 9.87. The Bertz CT molecular complexity index is 1050. The summed E-state index contributed by atoms with van der Waals surface area (Å²) < 4.78 is 3.46. The molecule has 0 fully saturated rings. The van der Waals surface area contributed by atoms with Crippen molar-refractivity contribution in [2.24, 2.45) is 7.05 Å². The Balaban J connectivity index is 1.33. The van der Waals surface area contributed by atoms with Crippen molar-refractivity contribution in [3.63, 3.8) is 0 Å². The Hall–Kier alpha value is -1.64. The molecule has 0 spiro atoms. The highest BCUT2D eigenvalue weighted by atomic mass is 127. The first kappa shape index (κ1) is 23.5. The van der Waals surface area contributed by atoms with E-state index in [1.165, 1.54) is 28.4 Å². The van der Waals surface area contributed by atoms with E-state index in [0.29, 0.717) is 6.04 Å². The van der Waals surface area contributed by atoms with Gasteiger partial charge in [0.15, 0.2) is 11.0 Å². The zero-order valence-corrected chi connectivity index (χ0v) is 21.8. The Morgan fingerprint density at radius 3 is 2.81 bits per heavy atom. The minimum Gasteiger partial charge on any atom is -0.305 e. The number of allylic oxidation sites excluding steroid dienone is 1. The van der Waals surface area contributed by atoms with Crippen LogP contribution in [-0.4, -0.2) is 44.5 Å². The van der Waals surface area contributed by atoms with Gasteiger partial charge in [-0.25, -0.2) is 0 Å². The van der Waals surface area contributed by atoms with Crippen molar-refractivity contribution < 1.29 is 0 Å². The zero-order chi connectivity index (χ0) is 22.3. The fourth-order valence-corrected chi connectivity index (χ4v) is 5.78. The molecule has 1 aromatic heterocycles. The lowest BCUT2D eigenvalue weighted by Gasteiger charge is -2.34. The number of thioether (sulfide) groups is 1. The van der Waals surface area contributed by atoms with Gasteiger partial charge in [-0.05, 0) is 85.0 Å². The summed E-state index contributed by atoms with van der Waals surface area (Å²) in [5, 5.41) is 9.83. The van der Waals surface area contributed by atoms with Crippen LogP contribution in [0.15, 0.2) is 65.8 Å². The molecule has 3 aromatic rings. The molecule has 6 heteroatoms. The number of hydrogen-bond donors (Lipinski definition) is 0. The predicted octanol–water partition coefficient (Wildman–Crippen LogP) is 6.00. The standard InChI is InChI=1S/C26H31IN4S/c1-3-4-15-31(24-14-12-21-18-23(27)13-11-22(21)19-24)16-8-17-32-26-29-28-25(30(26)2)20-9-6-5-7-10-20/h3-7,9-11,13,18,24H,8,12,14-17,19H2,1-2H3/b4-3+. The number of aryl methyl sites for hydroxylation is 1. The fraction of sp³-hybridized carbons (Fsp3) is 0.385. The van der Waals surface area contributed by atoms with Crippen LogP contribution in [0.2, 0.25) is 0 Å². The number of benzene rings is 2. The van der Waals surface area contributed by atoms with Gasteiger partial charge in [0, 0.05) is 34.5 Å². The maximum atomic E-state index is 4.43. The first-order valence-electron chi connectivity index (χ1n) is 11.4. The van der Waals surface area contributed by atoms with E-state index in [9.17, 15) is 0 Å². The fourth-order valence-electron chi connectivity index (χ4n) is 4.39. The number of halogens is 1. The second-order valence-electron chi connectivity index (χ2n) is 8.31. The maximum absolute atomic E-state index is 4.43. The van der Waals surface area contributed by atoms with Gasteiger partial charge in [-0.1, -0.05) is 60.3 Å². The third-order valence-electron chi connectivity index (χ3n) is 6.15. The van der Waals surface area contributed by atoms with Crippen molar-refractivity contribution >= 4 is 34.4 Å². The molecule has 0 amide bonds. The van der Waals surface area contributed by atoms with Gasteiger partial charge in [-0.3, -0.25) is 4.90 Å². The molecule has 1 aliphatic carbocycles. The highest BCUT2D eigenvalue weighted by molar-refractivity contribution is 14.1. The van der Waals surface area contributed by atoms with E-state index in [2.05, 4.69) is 98.7 Å². The molecule has 1 aliphatic rings. The summed E-state index contributed by atoms with van der Waals surface area (Å²) in [6.07, 6.45) is 9.23. The van der Waals surface area contributed by atoms with Crippen LogP contribution >= 0.6 is 34.4 Å². The van der Waals surface area contributed by atoms with E-state index in [1.54, 1.807) is 5.56 Å². The number of hydrogen-bond acceptors (Lipinski definition) is 4. The lowest BCUT2D eigenvalue weighted by Crippen LogP contribution is -2.40. The van der Waals surface area contributed by atoms with Crippen molar-refractivity contribution in [3.8, 4) is 11.4 Å². The minimum atomic E-state index is 0.628. The van der Waals surface area contributed by atoms with Crippen LogP contribution in [0.3, 0.4) is 0 Å². The molecule has 0 saturated heterocycles. The van der Waals surface area contributed by atoms with Crippen LogP contribution in [0.25, 0.3) is 11.4 Å². The Kier molecular flexibility index (Phi) is 8.43. The summed E-state index contributed by atoms with van der Waals surface area (Å²) >= 11 is 4.23. The van der Waals surface area contributed by atoms with Gasteiger partial charge < -0.3 is 4.57 Å². The molecule has 0 radical (unpaired) electrons. The first-order valence-corrected chi connectivity index (χ1v) is 13.4.